The minimum atomic E-state index is 0.109. The monoisotopic (exact) mass is 360 g/mol. The van der Waals surface area contributed by atoms with E-state index in [1.807, 2.05) is 36.9 Å². The lowest BCUT2D eigenvalue weighted by molar-refractivity contribution is 0.0730. The van der Waals surface area contributed by atoms with Gasteiger partial charge in [0.05, 0.1) is 0 Å². The van der Waals surface area contributed by atoms with Crippen LogP contribution in [0.5, 0.6) is 5.75 Å². The average Bonchev–Trinajstić information content (AvgIpc) is 2.67. The van der Waals surface area contributed by atoms with E-state index in [4.69, 9.17) is 4.74 Å². The second kappa shape index (κ2) is 5.88. The number of ether oxygens (including phenoxy) is 1. The summed E-state index contributed by atoms with van der Waals surface area (Å²) in [5, 5.41) is 0. The number of fused-ring (bicyclic) bond motifs is 1. The van der Waals surface area contributed by atoms with E-state index >= 15 is 0 Å². The minimum absolute atomic E-state index is 0.109. The lowest BCUT2D eigenvalue weighted by atomic mass is 10.1. The van der Waals surface area contributed by atoms with Crippen molar-refractivity contribution in [3.8, 4) is 5.75 Å². The Bertz CT molecular complexity index is 449. The molecule has 0 aliphatic carbocycles. The average molecular weight is 360 g/mol. The van der Waals surface area contributed by atoms with Crippen molar-refractivity contribution in [2.75, 3.05) is 13.2 Å². The Kier molecular flexibility index (Phi) is 4.45. The van der Waals surface area contributed by atoms with Crippen LogP contribution in [-0.4, -0.2) is 30.0 Å². The third-order valence-corrected chi connectivity index (χ3v) is 3.54. The molecule has 0 spiro atoms. The van der Waals surface area contributed by atoms with Gasteiger partial charge in [0.15, 0.2) is 0 Å². The number of halogens is 1. The number of hydrogen-bond donors (Lipinski definition) is 1. The van der Waals surface area contributed by atoms with Gasteiger partial charge in [0.2, 0.25) is 0 Å². The number of hydrogen-bond acceptors (Lipinski definition) is 3. The van der Waals surface area contributed by atoms with Crippen LogP contribution in [0.15, 0.2) is 18.2 Å². The predicted octanol–water partition coefficient (Wildman–Crippen LogP) is 2.37. The highest BCUT2D eigenvalue weighted by Crippen LogP contribution is 2.27. The number of rotatable bonds is 5. The van der Waals surface area contributed by atoms with Crippen molar-refractivity contribution < 1.29 is 9.53 Å². The van der Waals surface area contributed by atoms with Crippen LogP contribution in [0.3, 0.4) is 0 Å². The van der Waals surface area contributed by atoms with E-state index in [0.717, 1.165) is 23.4 Å². The van der Waals surface area contributed by atoms with Crippen LogP contribution in [0.1, 0.15) is 29.8 Å². The molecule has 0 aromatic heterocycles. The van der Waals surface area contributed by atoms with Gasteiger partial charge in [-0.05, 0) is 31.5 Å². The molecule has 1 aliphatic rings. The van der Waals surface area contributed by atoms with Gasteiger partial charge in [-0.3, -0.25) is 8.32 Å². The van der Waals surface area contributed by atoms with Gasteiger partial charge in [0.25, 0.3) is 5.91 Å². The Balaban J connectivity index is 2.12. The molecule has 1 aromatic carbocycles. The highest BCUT2D eigenvalue weighted by atomic mass is 127. The molecule has 2 rings (SSSR count). The highest BCUT2D eigenvalue weighted by molar-refractivity contribution is 14.1. The van der Waals surface area contributed by atoms with Crippen LogP contribution < -0.4 is 8.27 Å². The van der Waals surface area contributed by atoms with Crippen LogP contribution >= 0.6 is 22.9 Å². The highest BCUT2D eigenvalue weighted by Gasteiger charge is 2.29. The Morgan fingerprint density at radius 3 is 2.94 bits per heavy atom. The SMILES string of the molecule is CC(C)N1Cc2ccc(OCCNI)cc2C1=O. The second-order valence-corrected chi connectivity index (χ2v) is 5.34. The molecule has 18 heavy (non-hydrogen) atoms. The molecular formula is C13H17IN2O2. The zero-order chi connectivity index (χ0) is 13.1. The van der Waals surface area contributed by atoms with Crippen molar-refractivity contribution in [2.24, 2.45) is 0 Å². The third-order valence-electron chi connectivity index (χ3n) is 3.00. The van der Waals surface area contributed by atoms with Crippen molar-refractivity contribution in [2.45, 2.75) is 26.4 Å². The first-order valence-corrected chi connectivity index (χ1v) is 7.11. The summed E-state index contributed by atoms with van der Waals surface area (Å²) < 4.78 is 8.57. The Morgan fingerprint density at radius 1 is 1.50 bits per heavy atom. The molecule has 98 valence electrons. The molecule has 5 heteroatoms. The van der Waals surface area contributed by atoms with E-state index in [2.05, 4.69) is 26.4 Å². The fourth-order valence-corrected chi connectivity index (χ4v) is 2.24. The third kappa shape index (κ3) is 2.77. The molecule has 1 heterocycles. The summed E-state index contributed by atoms with van der Waals surface area (Å²) in [5.41, 5.74) is 1.87. The van der Waals surface area contributed by atoms with Gasteiger partial charge in [-0.15, -0.1) is 0 Å². The lowest BCUT2D eigenvalue weighted by Crippen LogP contribution is -2.30. The molecular weight excluding hydrogens is 343 g/mol. The number of benzene rings is 1. The van der Waals surface area contributed by atoms with Gasteiger partial charge in [-0.1, -0.05) is 6.07 Å². The molecule has 4 nitrogen and oxygen atoms in total. The van der Waals surface area contributed by atoms with Gasteiger partial charge >= 0.3 is 0 Å². The van der Waals surface area contributed by atoms with Crippen molar-refractivity contribution in [1.82, 2.24) is 8.43 Å². The maximum atomic E-state index is 12.2. The van der Waals surface area contributed by atoms with Crippen LogP contribution in [-0.2, 0) is 6.54 Å². The van der Waals surface area contributed by atoms with Crippen LogP contribution in [0.25, 0.3) is 0 Å². The number of carbonyl (C=O) groups is 1. The predicted molar refractivity (Wildman–Crippen MR) is 79.0 cm³/mol. The van der Waals surface area contributed by atoms with Crippen molar-refractivity contribution in [3.63, 3.8) is 0 Å². The molecule has 1 aliphatic heterocycles. The van der Waals surface area contributed by atoms with Gasteiger partial charge in [-0.25, -0.2) is 0 Å². The second-order valence-electron chi connectivity index (χ2n) is 4.58. The number of carbonyl (C=O) groups excluding carboxylic acids is 1. The van der Waals surface area contributed by atoms with Crippen LogP contribution in [0.2, 0.25) is 0 Å². The largest absolute Gasteiger partial charge is 0.492 e. The van der Waals surface area contributed by atoms with E-state index in [9.17, 15) is 4.79 Å². The lowest BCUT2D eigenvalue weighted by Gasteiger charge is -2.19. The molecule has 0 saturated heterocycles. The molecule has 0 fully saturated rings. The molecule has 0 radical (unpaired) electrons. The molecule has 0 unspecified atom stereocenters. The summed E-state index contributed by atoms with van der Waals surface area (Å²) in [5.74, 6) is 0.872. The van der Waals surface area contributed by atoms with E-state index in [-0.39, 0.29) is 11.9 Å². The summed E-state index contributed by atoms with van der Waals surface area (Å²) >= 11 is 2.08. The fraction of sp³-hybridized carbons (Fsp3) is 0.462. The maximum Gasteiger partial charge on any atom is 0.254 e. The van der Waals surface area contributed by atoms with Crippen molar-refractivity contribution >= 4 is 28.8 Å². The minimum Gasteiger partial charge on any atom is -0.492 e. The first-order valence-electron chi connectivity index (χ1n) is 6.03. The smallest absolute Gasteiger partial charge is 0.254 e. The summed E-state index contributed by atoms with van der Waals surface area (Å²) in [6.07, 6.45) is 0. The summed E-state index contributed by atoms with van der Waals surface area (Å²) in [4.78, 5) is 14.1. The molecule has 1 aromatic rings. The standard InChI is InChI=1S/C13H17IN2O2/c1-9(2)16-8-10-3-4-11(18-6-5-15-14)7-12(10)13(16)17/h3-4,7,9,15H,5-6,8H2,1-2H3. The van der Waals surface area contributed by atoms with Gasteiger partial charge in [-0.2, -0.15) is 0 Å². The van der Waals surface area contributed by atoms with Crippen molar-refractivity contribution in [1.29, 1.82) is 0 Å². The Labute approximate surface area is 121 Å². The summed E-state index contributed by atoms with van der Waals surface area (Å²) in [6, 6.07) is 6.01. The quantitative estimate of drug-likeness (QED) is 0.498. The topological polar surface area (TPSA) is 41.6 Å². The van der Waals surface area contributed by atoms with Gasteiger partial charge in [0, 0.05) is 47.6 Å². The molecule has 1 amide bonds. The maximum absolute atomic E-state index is 12.2. The fourth-order valence-electron chi connectivity index (χ4n) is 2.02. The Morgan fingerprint density at radius 2 is 2.28 bits per heavy atom. The zero-order valence-electron chi connectivity index (χ0n) is 10.6. The Hall–Kier alpha value is -0.820. The number of amides is 1. The molecule has 0 saturated carbocycles. The van der Waals surface area contributed by atoms with Gasteiger partial charge < -0.3 is 9.64 Å². The zero-order valence-corrected chi connectivity index (χ0v) is 12.7. The van der Waals surface area contributed by atoms with Crippen molar-refractivity contribution in [3.05, 3.63) is 29.3 Å². The van der Waals surface area contributed by atoms with E-state index in [0.29, 0.717) is 13.2 Å². The van der Waals surface area contributed by atoms with E-state index in [1.165, 1.54) is 0 Å². The summed E-state index contributed by atoms with van der Waals surface area (Å²) in [6.45, 7) is 6.16. The molecule has 0 atom stereocenters. The van der Waals surface area contributed by atoms with Crippen LogP contribution in [0.4, 0.5) is 0 Å². The number of nitrogens with one attached hydrogen (secondary N) is 1. The van der Waals surface area contributed by atoms with E-state index < -0.39 is 0 Å². The molecule has 1 N–H and O–H groups in total. The van der Waals surface area contributed by atoms with E-state index in [1.54, 1.807) is 0 Å². The number of nitrogens with zero attached hydrogens (tertiary/aromatic N) is 1. The first-order chi connectivity index (χ1) is 8.63. The molecule has 0 bridgehead atoms. The summed E-state index contributed by atoms with van der Waals surface area (Å²) in [7, 11) is 0. The normalized spacial score (nSPS) is 14.2. The van der Waals surface area contributed by atoms with Crippen LogP contribution in [0, 0.1) is 0 Å². The first kappa shape index (κ1) is 13.6. The van der Waals surface area contributed by atoms with Gasteiger partial charge in [0.1, 0.15) is 12.4 Å².